The Balaban J connectivity index is 1.49. The molecule has 2 nitrogen and oxygen atoms in total. The third-order valence-corrected chi connectivity index (χ3v) is 5.84. The van der Waals surface area contributed by atoms with Crippen LogP contribution in [0.25, 0.3) is 11.3 Å². The molecule has 25 heavy (non-hydrogen) atoms. The molecule has 1 fully saturated rings. The molecule has 134 valence electrons. The molecule has 1 aromatic heterocycles. The molecular formula is C23H32N2. The van der Waals surface area contributed by atoms with Crippen LogP contribution in [0.3, 0.4) is 0 Å². The molecule has 1 aliphatic carbocycles. The van der Waals surface area contributed by atoms with Gasteiger partial charge in [-0.1, -0.05) is 76.6 Å². The first-order valence-electron chi connectivity index (χ1n) is 10.2. The van der Waals surface area contributed by atoms with E-state index in [0.29, 0.717) is 0 Å². The van der Waals surface area contributed by atoms with Gasteiger partial charge >= 0.3 is 0 Å². The van der Waals surface area contributed by atoms with Crippen LogP contribution in [0.4, 0.5) is 0 Å². The second kappa shape index (κ2) is 9.12. The molecular weight excluding hydrogens is 304 g/mol. The molecule has 0 aliphatic heterocycles. The summed E-state index contributed by atoms with van der Waals surface area (Å²) in [5.41, 5.74) is 4.64. The minimum atomic E-state index is 0.937. The Labute approximate surface area is 153 Å². The Morgan fingerprint density at radius 1 is 0.800 bits per heavy atom. The van der Waals surface area contributed by atoms with Gasteiger partial charge in [0.1, 0.15) is 0 Å². The van der Waals surface area contributed by atoms with Gasteiger partial charge in [0.2, 0.25) is 0 Å². The summed E-state index contributed by atoms with van der Waals surface area (Å²) in [5, 5.41) is 8.60. The van der Waals surface area contributed by atoms with Gasteiger partial charge in [0.25, 0.3) is 0 Å². The highest BCUT2D eigenvalue weighted by atomic mass is 15.1. The van der Waals surface area contributed by atoms with Crippen LogP contribution >= 0.6 is 0 Å². The Bertz CT molecular complexity index is 622. The van der Waals surface area contributed by atoms with Crippen LogP contribution in [0, 0.1) is 11.8 Å². The zero-order valence-electron chi connectivity index (χ0n) is 15.9. The van der Waals surface area contributed by atoms with E-state index in [9.17, 15) is 0 Å². The quantitative estimate of drug-likeness (QED) is 0.597. The number of benzene rings is 1. The zero-order chi connectivity index (χ0) is 17.5. The number of nitrogens with zero attached hydrogens (tertiary/aromatic N) is 2. The van der Waals surface area contributed by atoms with Gasteiger partial charge in [-0.05, 0) is 48.8 Å². The third kappa shape index (κ3) is 5.14. The van der Waals surface area contributed by atoms with Gasteiger partial charge in [0.15, 0.2) is 0 Å². The van der Waals surface area contributed by atoms with Crippen LogP contribution in [0.2, 0.25) is 0 Å². The van der Waals surface area contributed by atoms with E-state index in [1.807, 2.05) is 0 Å². The maximum atomic E-state index is 4.34. The first-order chi connectivity index (χ1) is 12.3. The summed E-state index contributed by atoms with van der Waals surface area (Å²) in [6.07, 6.45) is 12.1. The van der Waals surface area contributed by atoms with Crippen LogP contribution < -0.4 is 0 Å². The predicted octanol–water partition coefficient (Wildman–Crippen LogP) is 6.25. The van der Waals surface area contributed by atoms with Crippen molar-refractivity contribution in [2.24, 2.45) is 11.8 Å². The van der Waals surface area contributed by atoms with E-state index in [4.69, 9.17) is 0 Å². The lowest BCUT2D eigenvalue weighted by atomic mass is 9.78. The van der Waals surface area contributed by atoms with Crippen LogP contribution in [-0.2, 0) is 12.8 Å². The summed E-state index contributed by atoms with van der Waals surface area (Å²) in [4.78, 5) is 0. The first kappa shape index (κ1) is 18.1. The van der Waals surface area contributed by atoms with Gasteiger partial charge in [0.05, 0.1) is 11.4 Å². The minimum absolute atomic E-state index is 0.937. The molecule has 0 bridgehead atoms. The largest absolute Gasteiger partial charge is 0.155 e. The fraction of sp³-hybridized carbons (Fsp3) is 0.565. The average molecular weight is 337 g/mol. The summed E-state index contributed by atoms with van der Waals surface area (Å²) in [7, 11) is 0. The molecule has 0 amide bonds. The van der Waals surface area contributed by atoms with E-state index in [1.54, 1.807) is 0 Å². The first-order valence-corrected chi connectivity index (χ1v) is 10.2. The van der Waals surface area contributed by atoms with Crippen molar-refractivity contribution >= 4 is 0 Å². The number of hydrogen-bond donors (Lipinski definition) is 0. The normalized spacial score (nSPS) is 20.6. The monoisotopic (exact) mass is 336 g/mol. The van der Waals surface area contributed by atoms with Crippen molar-refractivity contribution in [1.82, 2.24) is 10.2 Å². The summed E-state index contributed by atoms with van der Waals surface area (Å²) in [5.74, 6) is 1.96. The molecule has 0 radical (unpaired) electrons. The van der Waals surface area contributed by atoms with E-state index in [-0.39, 0.29) is 0 Å². The molecule has 0 saturated heterocycles. The lowest BCUT2D eigenvalue weighted by Gasteiger charge is -2.28. The van der Waals surface area contributed by atoms with Crippen LogP contribution in [-0.4, -0.2) is 10.2 Å². The highest BCUT2D eigenvalue weighted by Gasteiger charge is 2.20. The summed E-state index contributed by atoms with van der Waals surface area (Å²) in [6, 6.07) is 13.1. The molecule has 0 unspecified atom stereocenters. The molecule has 0 N–H and O–H groups in total. The Morgan fingerprint density at radius 3 is 2.04 bits per heavy atom. The van der Waals surface area contributed by atoms with Crippen LogP contribution in [0.15, 0.2) is 36.4 Å². The van der Waals surface area contributed by atoms with E-state index in [1.165, 1.54) is 62.5 Å². The van der Waals surface area contributed by atoms with Gasteiger partial charge in [-0.25, -0.2) is 0 Å². The molecule has 1 heterocycles. The maximum Gasteiger partial charge on any atom is 0.0929 e. The average Bonchev–Trinajstić information content (AvgIpc) is 2.68. The van der Waals surface area contributed by atoms with E-state index >= 15 is 0 Å². The van der Waals surface area contributed by atoms with Gasteiger partial charge in [0, 0.05) is 5.56 Å². The van der Waals surface area contributed by atoms with Crippen molar-refractivity contribution in [3.05, 3.63) is 47.7 Å². The predicted molar refractivity (Wildman–Crippen MR) is 106 cm³/mol. The molecule has 1 aliphatic rings. The fourth-order valence-corrected chi connectivity index (χ4v) is 4.13. The van der Waals surface area contributed by atoms with E-state index < -0.39 is 0 Å². The number of hydrogen-bond acceptors (Lipinski definition) is 2. The standard InChI is InChI=1S/C23H32N2/c1-3-5-18-6-8-19(9-7-18)10-11-20-12-14-21(15-13-20)23-17-16-22(4-2)24-25-23/h12-19H,3-11H2,1-2H3/t18-,19-. The maximum absolute atomic E-state index is 4.34. The van der Waals surface area contributed by atoms with Crippen molar-refractivity contribution in [2.45, 2.75) is 71.6 Å². The van der Waals surface area contributed by atoms with Crippen molar-refractivity contribution in [3.8, 4) is 11.3 Å². The van der Waals surface area contributed by atoms with E-state index in [2.05, 4.69) is 60.4 Å². The SMILES string of the molecule is CCC[C@H]1CC[C@H](CCc2ccc(-c3ccc(CC)nn3)cc2)CC1. The van der Waals surface area contributed by atoms with Crippen molar-refractivity contribution in [1.29, 1.82) is 0 Å². The van der Waals surface area contributed by atoms with E-state index in [0.717, 1.165) is 29.6 Å². The van der Waals surface area contributed by atoms with Crippen LogP contribution in [0.1, 0.15) is 70.1 Å². The molecule has 0 spiro atoms. The molecule has 2 heteroatoms. The number of aromatic nitrogens is 2. The second-order valence-corrected chi connectivity index (χ2v) is 7.67. The Morgan fingerprint density at radius 2 is 1.48 bits per heavy atom. The van der Waals surface area contributed by atoms with Gasteiger partial charge in [-0.2, -0.15) is 10.2 Å². The van der Waals surface area contributed by atoms with Gasteiger partial charge in [-0.3, -0.25) is 0 Å². The van der Waals surface area contributed by atoms with Crippen molar-refractivity contribution in [2.75, 3.05) is 0 Å². The number of aryl methyl sites for hydroxylation is 2. The Hall–Kier alpha value is -1.70. The summed E-state index contributed by atoms with van der Waals surface area (Å²) < 4.78 is 0. The minimum Gasteiger partial charge on any atom is -0.155 e. The molecule has 3 rings (SSSR count). The molecule has 2 aromatic rings. The van der Waals surface area contributed by atoms with Gasteiger partial charge in [-0.15, -0.1) is 0 Å². The molecule has 0 atom stereocenters. The number of rotatable bonds is 7. The van der Waals surface area contributed by atoms with Crippen molar-refractivity contribution in [3.63, 3.8) is 0 Å². The van der Waals surface area contributed by atoms with Crippen LogP contribution in [0.5, 0.6) is 0 Å². The highest BCUT2D eigenvalue weighted by Crippen LogP contribution is 2.33. The third-order valence-electron chi connectivity index (χ3n) is 5.84. The Kier molecular flexibility index (Phi) is 6.61. The summed E-state index contributed by atoms with van der Waals surface area (Å²) in [6.45, 7) is 4.42. The lowest BCUT2D eigenvalue weighted by molar-refractivity contribution is 0.252. The lowest BCUT2D eigenvalue weighted by Crippen LogP contribution is -2.15. The second-order valence-electron chi connectivity index (χ2n) is 7.67. The smallest absolute Gasteiger partial charge is 0.0929 e. The summed E-state index contributed by atoms with van der Waals surface area (Å²) >= 11 is 0. The highest BCUT2D eigenvalue weighted by molar-refractivity contribution is 5.58. The zero-order valence-corrected chi connectivity index (χ0v) is 15.9. The van der Waals surface area contributed by atoms with Gasteiger partial charge < -0.3 is 0 Å². The molecule has 1 aromatic carbocycles. The fourth-order valence-electron chi connectivity index (χ4n) is 4.13. The topological polar surface area (TPSA) is 25.8 Å². The van der Waals surface area contributed by atoms with Crippen molar-refractivity contribution < 1.29 is 0 Å². The molecule has 1 saturated carbocycles.